The average Bonchev–Trinajstić information content (AvgIpc) is 2.73. The number of nitrogens with one attached hydrogen (secondary N) is 2. The van der Waals surface area contributed by atoms with Gasteiger partial charge in [-0.15, -0.1) is 0 Å². The molecule has 1 aromatic carbocycles. The molecule has 1 aromatic rings. The summed E-state index contributed by atoms with van der Waals surface area (Å²) in [6.45, 7) is 5.69. The zero-order valence-corrected chi connectivity index (χ0v) is 10.7. The predicted molar refractivity (Wildman–Crippen MR) is 71.5 cm³/mol. The van der Waals surface area contributed by atoms with Crippen molar-refractivity contribution >= 4 is 5.69 Å². The van der Waals surface area contributed by atoms with E-state index in [1.54, 1.807) is 6.92 Å². The Balaban J connectivity index is 1.90. The highest BCUT2D eigenvalue weighted by atomic mass is 16.3. The van der Waals surface area contributed by atoms with Gasteiger partial charge in [-0.2, -0.15) is 0 Å². The van der Waals surface area contributed by atoms with Crippen LogP contribution < -0.4 is 10.6 Å². The number of aliphatic hydroxyl groups is 1. The van der Waals surface area contributed by atoms with Gasteiger partial charge < -0.3 is 15.7 Å². The van der Waals surface area contributed by atoms with Crippen LogP contribution in [-0.4, -0.2) is 30.3 Å². The van der Waals surface area contributed by atoms with Crippen LogP contribution in [-0.2, 0) is 12.8 Å². The zero-order valence-electron chi connectivity index (χ0n) is 10.7. The first kappa shape index (κ1) is 12.4. The molecule has 0 aliphatic carbocycles. The first-order valence-corrected chi connectivity index (χ1v) is 6.42. The lowest BCUT2D eigenvalue weighted by molar-refractivity contribution is 0.187. The Bertz CT molecular complexity index is 376. The first-order chi connectivity index (χ1) is 8.15. The van der Waals surface area contributed by atoms with E-state index in [9.17, 15) is 5.11 Å². The molecule has 2 atom stereocenters. The number of benzene rings is 1. The van der Waals surface area contributed by atoms with E-state index < -0.39 is 0 Å². The molecule has 17 heavy (non-hydrogen) atoms. The van der Waals surface area contributed by atoms with Crippen molar-refractivity contribution in [1.29, 1.82) is 0 Å². The van der Waals surface area contributed by atoms with Crippen LogP contribution in [0.4, 0.5) is 5.69 Å². The van der Waals surface area contributed by atoms with Gasteiger partial charge in [0.25, 0.3) is 0 Å². The number of aliphatic hydroxyl groups excluding tert-OH is 1. The molecule has 0 fully saturated rings. The lowest BCUT2D eigenvalue weighted by Gasteiger charge is -2.15. The van der Waals surface area contributed by atoms with Crippen LogP contribution in [0.5, 0.6) is 0 Å². The van der Waals surface area contributed by atoms with Crippen molar-refractivity contribution in [3.8, 4) is 0 Å². The third-order valence-corrected chi connectivity index (χ3v) is 3.18. The van der Waals surface area contributed by atoms with E-state index in [-0.39, 0.29) is 6.10 Å². The SMILES string of the molecule is CC(O)CNC(C)Cc1ccc2c(c1)CCN2. The molecule has 2 rings (SSSR count). The van der Waals surface area contributed by atoms with E-state index in [2.05, 4.69) is 35.8 Å². The van der Waals surface area contributed by atoms with E-state index >= 15 is 0 Å². The number of anilines is 1. The van der Waals surface area contributed by atoms with Crippen LogP contribution in [0.2, 0.25) is 0 Å². The molecule has 0 radical (unpaired) electrons. The van der Waals surface area contributed by atoms with E-state index in [4.69, 9.17) is 0 Å². The van der Waals surface area contributed by atoms with Gasteiger partial charge in [-0.1, -0.05) is 12.1 Å². The molecule has 94 valence electrons. The van der Waals surface area contributed by atoms with Gasteiger partial charge >= 0.3 is 0 Å². The highest BCUT2D eigenvalue weighted by Gasteiger charge is 2.11. The summed E-state index contributed by atoms with van der Waals surface area (Å²) in [4.78, 5) is 0. The Hall–Kier alpha value is -1.06. The van der Waals surface area contributed by atoms with E-state index in [1.807, 2.05) is 0 Å². The van der Waals surface area contributed by atoms with Crippen molar-refractivity contribution in [3.63, 3.8) is 0 Å². The molecule has 3 N–H and O–H groups in total. The second kappa shape index (κ2) is 5.52. The largest absolute Gasteiger partial charge is 0.392 e. The average molecular weight is 234 g/mol. The number of fused-ring (bicyclic) bond motifs is 1. The Morgan fingerprint density at radius 1 is 1.41 bits per heavy atom. The van der Waals surface area contributed by atoms with E-state index in [0.717, 1.165) is 19.4 Å². The Morgan fingerprint density at radius 2 is 2.24 bits per heavy atom. The molecule has 1 aliphatic heterocycles. The van der Waals surface area contributed by atoms with Crippen LogP contribution >= 0.6 is 0 Å². The van der Waals surface area contributed by atoms with Crippen molar-refractivity contribution in [2.75, 3.05) is 18.4 Å². The molecule has 3 nitrogen and oxygen atoms in total. The normalized spacial score (nSPS) is 17.4. The van der Waals surface area contributed by atoms with Gasteiger partial charge in [-0.25, -0.2) is 0 Å². The molecule has 3 heteroatoms. The molecule has 1 heterocycles. The fourth-order valence-corrected chi connectivity index (χ4v) is 2.28. The van der Waals surface area contributed by atoms with Gasteiger partial charge in [0.05, 0.1) is 6.10 Å². The maximum Gasteiger partial charge on any atom is 0.0636 e. The molecule has 1 aliphatic rings. The topological polar surface area (TPSA) is 44.3 Å². The first-order valence-electron chi connectivity index (χ1n) is 6.42. The van der Waals surface area contributed by atoms with Gasteiger partial charge in [0.2, 0.25) is 0 Å². The Morgan fingerprint density at radius 3 is 3.00 bits per heavy atom. The third kappa shape index (κ3) is 3.45. The number of rotatable bonds is 5. The number of hydrogen-bond acceptors (Lipinski definition) is 3. The summed E-state index contributed by atoms with van der Waals surface area (Å²) in [6, 6.07) is 7.07. The van der Waals surface area contributed by atoms with Gasteiger partial charge in [-0.05, 0) is 43.9 Å². The van der Waals surface area contributed by atoms with Crippen molar-refractivity contribution < 1.29 is 5.11 Å². The predicted octanol–water partition coefficient (Wildman–Crippen LogP) is 1.56. The monoisotopic (exact) mass is 234 g/mol. The van der Waals surface area contributed by atoms with Crippen molar-refractivity contribution in [3.05, 3.63) is 29.3 Å². The third-order valence-electron chi connectivity index (χ3n) is 3.18. The summed E-state index contributed by atoms with van der Waals surface area (Å²) in [5.74, 6) is 0. The van der Waals surface area contributed by atoms with Crippen molar-refractivity contribution in [1.82, 2.24) is 5.32 Å². The lowest BCUT2D eigenvalue weighted by atomic mass is 10.0. The standard InChI is InChI=1S/C14H22N2O/c1-10(16-9-11(2)17)7-12-3-4-14-13(8-12)5-6-15-14/h3-4,8,10-11,15-17H,5-7,9H2,1-2H3. The van der Waals surface area contributed by atoms with Gasteiger partial charge in [0, 0.05) is 24.8 Å². The number of hydrogen-bond donors (Lipinski definition) is 3. The summed E-state index contributed by atoms with van der Waals surface area (Å²) in [7, 11) is 0. The summed E-state index contributed by atoms with van der Waals surface area (Å²) in [6.07, 6.45) is 1.88. The van der Waals surface area contributed by atoms with Crippen LogP contribution in [0.15, 0.2) is 18.2 Å². The molecule has 0 bridgehead atoms. The lowest BCUT2D eigenvalue weighted by Crippen LogP contribution is -2.33. The maximum atomic E-state index is 9.22. The van der Waals surface area contributed by atoms with Gasteiger partial charge in [0.1, 0.15) is 0 Å². The minimum atomic E-state index is -0.276. The summed E-state index contributed by atoms with van der Waals surface area (Å²) < 4.78 is 0. The molecule has 0 saturated heterocycles. The highest BCUT2D eigenvalue weighted by molar-refractivity contribution is 5.56. The fraction of sp³-hybridized carbons (Fsp3) is 0.571. The Kier molecular flexibility index (Phi) is 4.02. The van der Waals surface area contributed by atoms with Gasteiger partial charge in [-0.3, -0.25) is 0 Å². The highest BCUT2D eigenvalue weighted by Crippen LogP contribution is 2.23. The van der Waals surface area contributed by atoms with Crippen LogP contribution in [0, 0.1) is 0 Å². The summed E-state index contributed by atoms with van der Waals surface area (Å²) in [5, 5.41) is 15.9. The molecule has 0 amide bonds. The minimum Gasteiger partial charge on any atom is -0.392 e. The molecular formula is C14H22N2O. The van der Waals surface area contributed by atoms with Crippen molar-refractivity contribution in [2.24, 2.45) is 0 Å². The van der Waals surface area contributed by atoms with Gasteiger partial charge in [0.15, 0.2) is 0 Å². The smallest absolute Gasteiger partial charge is 0.0636 e. The fourth-order valence-electron chi connectivity index (χ4n) is 2.28. The van der Waals surface area contributed by atoms with Crippen molar-refractivity contribution in [2.45, 2.75) is 38.8 Å². The van der Waals surface area contributed by atoms with E-state index in [0.29, 0.717) is 12.6 Å². The summed E-state index contributed by atoms with van der Waals surface area (Å²) >= 11 is 0. The second-order valence-corrected chi connectivity index (χ2v) is 5.03. The minimum absolute atomic E-state index is 0.276. The molecular weight excluding hydrogens is 212 g/mol. The second-order valence-electron chi connectivity index (χ2n) is 5.03. The van der Waals surface area contributed by atoms with Crippen LogP contribution in [0.1, 0.15) is 25.0 Å². The molecule has 0 saturated carbocycles. The maximum absolute atomic E-state index is 9.22. The molecule has 2 unspecified atom stereocenters. The molecule has 0 aromatic heterocycles. The van der Waals surface area contributed by atoms with Crippen LogP contribution in [0.25, 0.3) is 0 Å². The summed E-state index contributed by atoms with van der Waals surface area (Å²) in [5.41, 5.74) is 4.10. The van der Waals surface area contributed by atoms with E-state index in [1.165, 1.54) is 16.8 Å². The quantitative estimate of drug-likeness (QED) is 0.724. The Labute approximate surface area is 103 Å². The van der Waals surface area contributed by atoms with Crippen LogP contribution in [0.3, 0.4) is 0 Å². The zero-order chi connectivity index (χ0) is 12.3. The molecule has 0 spiro atoms.